The highest BCUT2D eigenvalue weighted by atomic mass is 32.3. The molecule has 45 heavy (non-hydrogen) atoms. The van der Waals surface area contributed by atoms with E-state index in [1.165, 1.54) is 6.20 Å². The molecule has 2 fully saturated rings. The number of rotatable bonds is 9. The highest BCUT2D eigenvalue weighted by Crippen LogP contribution is 2.49. The van der Waals surface area contributed by atoms with Crippen molar-refractivity contribution in [2.75, 3.05) is 27.0 Å². The number of hydrogen-bond donors (Lipinski definition) is 5. The summed E-state index contributed by atoms with van der Waals surface area (Å²) in [6, 6.07) is 15.4. The second-order valence-corrected chi connectivity index (χ2v) is 13.8. The zero-order chi connectivity index (χ0) is 31.4. The van der Waals surface area contributed by atoms with Crippen molar-refractivity contribution >= 4 is 34.2 Å². The van der Waals surface area contributed by atoms with Crippen molar-refractivity contribution in [3.8, 4) is 17.2 Å². The van der Waals surface area contributed by atoms with Gasteiger partial charge in [0.2, 0.25) is 5.95 Å². The van der Waals surface area contributed by atoms with E-state index in [1.54, 1.807) is 22.0 Å². The largest absolute Gasteiger partial charge is 0.363 e. The molecular formula is C31H36N10O3S. The van der Waals surface area contributed by atoms with Gasteiger partial charge < -0.3 is 16.0 Å². The highest BCUT2D eigenvalue weighted by Gasteiger charge is 2.35. The van der Waals surface area contributed by atoms with Gasteiger partial charge in [0.15, 0.2) is 0 Å². The second-order valence-electron chi connectivity index (χ2n) is 11.5. The predicted molar refractivity (Wildman–Crippen MR) is 174 cm³/mol. The van der Waals surface area contributed by atoms with E-state index >= 15 is 0 Å². The number of amides is 2. The molecule has 1 saturated carbocycles. The fourth-order valence-electron chi connectivity index (χ4n) is 5.76. The van der Waals surface area contributed by atoms with Crippen molar-refractivity contribution in [1.29, 1.82) is 5.26 Å². The van der Waals surface area contributed by atoms with Crippen LogP contribution < -0.4 is 20.9 Å². The molecule has 14 heteroatoms. The van der Waals surface area contributed by atoms with Crippen molar-refractivity contribution < 1.29 is 13.9 Å². The van der Waals surface area contributed by atoms with Gasteiger partial charge in [-0.3, -0.25) is 18.7 Å². The summed E-state index contributed by atoms with van der Waals surface area (Å²) in [6.45, 7) is 0.410. The first-order valence-corrected chi connectivity index (χ1v) is 16.7. The molecule has 1 aliphatic carbocycles. The molecule has 0 radical (unpaired) electrons. The minimum Gasteiger partial charge on any atom is -0.363 e. The van der Waals surface area contributed by atoms with E-state index in [1.807, 2.05) is 55.7 Å². The average molecular weight is 629 g/mol. The van der Waals surface area contributed by atoms with Crippen LogP contribution in [0.25, 0.3) is 11.1 Å². The summed E-state index contributed by atoms with van der Waals surface area (Å²) in [5, 5.41) is 23.4. The summed E-state index contributed by atoms with van der Waals surface area (Å²) in [5.41, 5.74) is 3.19. The molecule has 1 saturated heterocycles. The van der Waals surface area contributed by atoms with E-state index < -0.39 is 10.6 Å². The predicted octanol–water partition coefficient (Wildman–Crippen LogP) is 4.83. The number of nitriles is 1. The third-order valence-electron chi connectivity index (χ3n) is 8.12. The van der Waals surface area contributed by atoms with Gasteiger partial charge in [0, 0.05) is 49.2 Å². The number of anilines is 3. The fraction of sp³-hybridized carbons (Fsp3) is 0.355. The average Bonchev–Trinajstić information content (AvgIpc) is 3.47. The van der Waals surface area contributed by atoms with Crippen LogP contribution in [0.1, 0.15) is 36.8 Å². The molecule has 3 aromatic heterocycles. The van der Waals surface area contributed by atoms with Crippen LogP contribution >= 0.6 is 10.6 Å². The van der Waals surface area contributed by atoms with Gasteiger partial charge in [-0.05, 0) is 43.4 Å². The topological polar surface area (TPSA) is 177 Å². The Morgan fingerprint density at radius 2 is 1.78 bits per heavy atom. The van der Waals surface area contributed by atoms with E-state index in [0.29, 0.717) is 29.7 Å². The standard InChI is InChI=1S/C31H36N10O3S/c1-40-18-24(17-36-40)22-7-12-28(33-15-22)41(31(42)35-14-21-5-3-2-4-6-21)27-10-8-25(9-11-27)38-30-34-16-23(13-32)29(39-30)37-26-19-45(43,44)20-26/h2-7,12,15-18,25-27,43-44H,8-11,14,19-20H2,1H3,(H,35,42)(H2,34,37,38,39). The molecule has 1 aromatic carbocycles. The molecule has 5 N–H and O–H groups in total. The maximum atomic E-state index is 13.7. The zero-order valence-electron chi connectivity index (χ0n) is 24.9. The Labute approximate surface area is 263 Å². The van der Waals surface area contributed by atoms with Gasteiger partial charge in [-0.25, -0.2) is 14.8 Å². The summed E-state index contributed by atoms with van der Waals surface area (Å²) in [4.78, 5) is 29.0. The molecular weight excluding hydrogens is 592 g/mol. The van der Waals surface area contributed by atoms with E-state index in [9.17, 15) is 19.2 Å². The van der Waals surface area contributed by atoms with Crippen molar-refractivity contribution in [1.82, 2.24) is 30.0 Å². The SMILES string of the molecule is Cn1cc(-c2ccc(N(C(=O)NCc3ccccc3)C3CCC(Nc4ncc(C#N)c(NC5CS(O)(O)C5)n4)CC3)nc2)cn1. The van der Waals surface area contributed by atoms with Gasteiger partial charge in [0.05, 0.1) is 29.9 Å². The molecule has 234 valence electrons. The lowest BCUT2D eigenvalue weighted by Crippen LogP contribution is -2.49. The van der Waals surface area contributed by atoms with Crippen LogP contribution in [0.5, 0.6) is 0 Å². The fourth-order valence-corrected chi connectivity index (χ4v) is 7.12. The lowest BCUT2D eigenvalue weighted by molar-refractivity contribution is 0.240. The van der Waals surface area contributed by atoms with E-state index in [4.69, 9.17) is 4.98 Å². The number of pyridine rings is 1. The molecule has 13 nitrogen and oxygen atoms in total. The minimum absolute atomic E-state index is 0.0620. The molecule has 0 spiro atoms. The van der Waals surface area contributed by atoms with Crippen LogP contribution in [0.3, 0.4) is 0 Å². The van der Waals surface area contributed by atoms with Gasteiger partial charge >= 0.3 is 6.03 Å². The van der Waals surface area contributed by atoms with Crippen molar-refractivity contribution in [3.05, 3.63) is 78.4 Å². The van der Waals surface area contributed by atoms with Gasteiger partial charge in [0.25, 0.3) is 0 Å². The first-order valence-electron chi connectivity index (χ1n) is 14.9. The minimum atomic E-state index is -2.52. The number of nitrogens with zero attached hydrogens (tertiary/aromatic N) is 7. The zero-order valence-corrected chi connectivity index (χ0v) is 25.7. The molecule has 0 unspecified atom stereocenters. The molecule has 0 atom stereocenters. The summed E-state index contributed by atoms with van der Waals surface area (Å²) < 4.78 is 21.2. The first kappa shape index (κ1) is 30.3. The molecule has 2 aliphatic rings. The Balaban J connectivity index is 1.13. The Morgan fingerprint density at radius 1 is 1.00 bits per heavy atom. The Kier molecular flexibility index (Phi) is 8.83. The summed E-state index contributed by atoms with van der Waals surface area (Å²) in [7, 11) is -0.651. The second kappa shape index (κ2) is 13.1. The monoisotopic (exact) mass is 628 g/mol. The Bertz CT molecular complexity index is 1660. The van der Waals surface area contributed by atoms with Crippen molar-refractivity contribution in [3.63, 3.8) is 0 Å². The Hall–Kier alpha value is -4.71. The highest BCUT2D eigenvalue weighted by molar-refractivity contribution is 8.25. The molecule has 0 bridgehead atoms. The van der Waals surface area contributed by atoms with Crippen LogP contribution in [0.15, 0.2) is 67.3 Å². The molecule has 4 aromatic rings. The van der Waals surface area contributed by atoms with Gasteiger partial charge in [0.1, 0.15) is 23.3 Å². The molecule has 6 rings (SSSR count). The number of carbonyl (C=O) groups is 1. The lowest BCUT2D eigenvalue weighted by Gasteiger charge is -2.47. The Morgan fingerprint density at radius 3 is 2.42 bits per heavy atom. The number of benzene rings is 1. The smallest absolute Gasteiger partial charge is 0.323 e. The summed E-state index contributed by atoms with van der Waals surface area (Å²) in [5.74, 6) is 1.85. The number of nitrogens with one attached hydrogen (secondary N) is 3. The van der Waals surface area contributed by atoms with Crippen molar-refractivity contribution in [2.45, 2.75) is 50.4 Å². The van der Waals surface area contributed by atoms with Gasteiger partial charge in [-0.1, -0.05) is 30.3 Å². The van der Waals surface area contributed by atoms with Crippen LogP contribution in [0.2, 0.25) is 0 Å². The van der Waals surface area contributed by atoms with E-state index in [2.05, 4.69) is 37.1 Å². The quantitative estimate of drug-likeness (QED) is 0.173. The van der Waals surface area contributed by atoms with Crippen LogP contribution in [-0.2, 0) is 13.6 Å². The van der Waals surface area contributed by atoms with E-state index in [-0.39, 0.29) is 35.7 Å². The molecule has 4 heterocycles. The number of carbonyl (C=O) groups excluding carboxylic acids is 1. The maximum absolute atomic E-state index is 13.7. The number of hydrogen-bond acceptors (Lipinski definition) is 10. The van der Waals surface area contributed by atoms with Crippen LogP contribution in [-0.4, -0.2) is 69.5 Å². The third-order valence-corrected chi connectivity index (χ3v) is 9.99. The molecule has 2 amide bonds. The lowest BCUT2D eigenvalue weighted by atomic mass is 9.90. The van der Waals surface area contributed by atoms with Gasteiger partial charge in [-0.2, -0.15) is 25.9 Å². The van der Waals surface area contributed by atoms with Crippen molar-refractivity contribution in [2.24, 2.45) is 7.05 Å². The summed E-state index contributed by atoms with van der Waals surface area (Å²) in [6.07, 6.45) is 9.99. The van der Waals surface area contributed by atoms with Crippen LogP contribution in [0, 0.1) is 11.3 Å². The molecule has 1 aliphatic heterocycles. The normalized spacial score (nSPS) is 19.9. The first-order chi connectivity index (χ1) is 21.8. The van der Waals surface area contributed by atoms with E-state index in [0.717, 1.165) is 42.4 Å². The number of aryl methyl sites for hydroxylation is 1. The third kappa shape index (κ3) is 7.34. The summed E-state index contributed by atoms with van der Waals surface area (Å²) >= 11 is 0. The maximum Gasteiger partial charge on any atom is 0.323 e. The number of urea groups is 1. The number of aromatic nitrogens is 5. The van der Waals surface area contributed by atoms with Crippen LogP contribution in [0.4, 0.5) is 22.4 Å². The van der Waals surface area contributed by atoms with Gasteiger partial charge in [-0.15, -0.1) is 0 Å².